The zero-order valence-electron chi connectivity index (χ0n) is 10.4. The van der Waals surface area contributed by atoms with E-state index in [1.54, 1.807) is 11.9 Å². The van der Waals surface area contributed by atoms with Crippen LogP contribution in [0.5, 0.6) is 0 Å². The molecule has 1 aromatic heterocycles. The number of hydrogen-bond acceptors (Lipinski definition) is 7. The van der Waals surface area contributed by atoms with E-state index in [1.165, 1.54) is 13.3 Å². The molecule has 0 radical (unpaired) electrons. The molecule has 1 amide bonds. The van der Waals surface area contributed by atoms with Gasteiger partial charge in [0.2, 0.25) is 0 Å². The minimum atomic E-state index is -3.05. The van der Waals surface area contributed by atoms with E-state index >= 15 is 0 Å². The normalized spacial score (nSPS) is 11.3. The Hall–Kier alpha value is -1.35. The van der Waals surface area contributed by atoms with Crippen molar-refractivity contribution in [1.29, 1.82) is 0 Å². The van der Waals surface area contributed by atoms with E-state index in [0.717, 1.165) is 11.5 Å². The van der Waals surface area contributed by atoms with Crippen molar-refractivity contribution in [3.8, 4) is 0 Å². The van der Waals surface area contributed by atoms with Crippen LogP contribution in [0.3, 0.4) is 0 Å². The van der Waals surface area contributed by atoms with Crippen LogP contribution in [0.1, 0.15) is 10.4 Å². The van der Waals surface area contributed by atoms with Crippen molar-refractivity contribution in [2.24, 2.45) is 0 Å². The molecule has 0 spiro atoms. The number of hydrogen-bond donors (Lipinski definition) is 2. The van der Waals surface area contributed by atoms with E-state index < -0.39 is 9.84 Å². The summed E-state index contributed by atoms with van der Waals surface area (Å²) in [5, 5.41) is 3.04. The zero-order valence-corrected chi connectivity index (χ0v) is 12.1. The summed E-state index contributed by atoms with van der Waals surface area (Å²) in [5.41, 5.74) is 5.92. The lowest BCUT2D eigenvalue weighted by molar-refractivity contribution is 0.0964. The molecule has 0 atom stereocenters. The maximum Gasteiger partial charge on any atom is 0.257 e. The van der Waals surface area contributed by atoms with Crippen LogP contribution in [0.15, 0.2) is 0 Å². The molecule has 7 nitrogen and oxygen atoms in total. The molecule has 0 unspecified atom stereocenters. The molecule has 1 aromatic rings. The Morgan fingerprint density at radius 3 is 2.67 bits per heavy atom. The van der Waals surface area contributed by atoms with E-state index in [-0.39, 0.29) is 24.0 Å². The van der Waals surface area contributed by atoms with Gasteiger partial charge in [-0.05, 0) is 11.5 Å². The van der Waals surface area contributed by atoms with Crippen molar-refractivity contribution in [2.75, 3.05) is 43.3 Å². The van der Waals surface area contributed by atoms with E-state index in [1.807, 2.05) is 0 Å². The van der Waals surface area contributed by atoms with Gasteiger partial charge in [-0.25, -0.2) is 8.42 Å². The predicted molar refractivity (Wildman–Crippen MR) is 72.9 cm³/mol. The second-order valence-electron chi connectivity index (χ2n) is 3.88. The highest BCUT2D eigenvalue weighted by molar-refractivity contribution is 7.90. The summed E-state index contributed by atoms with van der Waals surface area (Å²) in [4.78, 5) is 13.3. The first-order valence-corrected chi connectivity index (χ1v) is 7.95. The fourth-order valence-electron chi connectivity index (χ4n) is 1.30. The Morgan fingerprint density at radius 2 is 2.17 bits per heavy atom. The minimum absolute atomic E-state index is 0.00842. The first-order valence-electron chi connectivity index (χ1n) is 5.12. The minimum Gasteiger partial charge on any atom is -0.382 e. The lowest BCUT2D eigenvalue weighted by atomic mass is 10.3. The largest absolute Gasteiger partial charge is 0.382 e. The first-order chi connectivity index (χ1) is 8.26. The average Bonchev–Trinajstić information content (AvgIpc) is 2.66. The van der Waals surface area contributed by atoms with E-state index in [2.05, 4.69) is 9.69 Å². The van der Waals surface area contributed by atoms with Crippen LogP contribution in [-0.2, 0) is 9.84 Å². The van der Waals surface area contributed by atoms with E-state index in [9.17, 15) is 13.2 Å². The number of nitrogen functional groups attached to an aromatic ring is 1. The lowest BCUT2D eigenvalue weighted by Gasteiger charge is -2.17. The number of nitrogens with zero attached hydrogens (tertiary/aromatic N) is 2. The van der Waals surface area contributed by atoms with Gasteiger partial charge in [0.1, 0.15) is 20.4 Å². The molecule has 1 rings (SSSR count). The third kappa shape index (κ3) is 3.57. The molecule has 18 heavy (non-hydrogen) atoms. The van der Waals surface area contributed by atoms with Crippen LogP contribution in [0.25, 0.3) is 0 Å². The van der Waals surface area contributed by atoms with Gasteiger partial charge in [-0.3, -0.25) is 4.79 Å². The maximum atomic E-state index is 11.7. The molecule has 0 fully saturated rings. The molecular formula is C9H16N4O3S2. The Labute approximate surface area is 110 Å². The number of aromatic nitrogens is 1. The maximum absolute atomic E-state index is 11.7. The van der Waals surface area contributed by atoms with E-state index in [4.69, 9.17) is 5.73 Å². The Kier molecular flexibility index (Phi) is 4.52. The topological polar surface area (TPSA) is 105 Å². The molecule has 9 heteroatoms. The van der Waals surface area contributed by atoms with Gasteiger partial charge in [-0.1, -0.05) is 0 Å². The van der Waals surface area contributed by atoms with Crippen molar-refractivity contribution in [2.45, 2.75) is 0 Å². The quantitative estimate of drug-likeness (QED) is 0.762. The van der Waals surface area contributed by atoms with Gasteiger partial charge >= 0.3 is 0 Å². The van der Waals surface area contributed by atoms with Gasteiger partial charge < -0.3 is 16.0 Å². The highest BCUT2D eigenvalue weighted by atomic mass is 32.2. The first kappa shape index (κ1) is 14.7. The van der Waals surface area contributed by atoms with Crippen molar-refractivity contribution in [1.82, 2.24) is 9.69 Å². The van der Waals surface area contributed by atoms with Crippen LogP contribution in [0.2, 0.25) is 0 Å². The Balaban J connectivity index is 2.93. The summed E-state index contributed by atoms with van der Waals surface area (Å²) >= 11 is 1.07. The van der Waals surface area contributed by atoms with Gasteiger partial charge in [0.25, 0.3) is 5.91 Å². The van der Waals surface area contributed by atoms with Crippen molar-refractivity contribution in [3.63, 3.8) is 0 Å². The standard InChI is InChI=1S/C9H16N4O3S2/c1-11-8(14)6-7(10)12-17-9(6)13(2)4-5-18(3,15)16/h4-5H2,1-3H3,(H2,10,12)(H,11,14). The molecule has 0 saturated heterocycles. The van der Waals surface area contributed by atoms with Crippen LogP contribution in [0, 0.1) is 0 Å². The number of rotatable bonds is 5. The number of carbonyl (C=O) groups is 1. The zero-order chi connectivity index (χ0) is 13.9. The van der Waals surface area contributed by atoms with Crippen molar-refractivity contribution in [3.05, 3.63) is 5.56 Å². The second kappa shape index (κ2) is 5.53. The van der Waals surface area contributed by atoms with Crippen LogP contribution in [0.4, 0.5) is 10.8 Å². The van der Waals surface area contributed by atoms with Crippen LogP contribution >= 0.6 is 11.5 Å². The fourth-order valence-corrected chi connectivity index (χ4v) is 2.70. The Bertz CT molecular complexity index is 538. The number of anilines is 2. The molecule has 3 N–H and O–H groups in total. The van der Waals surface area contributed by atoms with E-state index in [0.29, 0.717) is 10.6 Å². The average molecular weight is 292 g/mol. The third-order valence-electron chi connectivity index (χ3n) is 2.30. The van der Waals surface area contributed by atoms with Gasteiger partial charge in [0.15, 0.2) is 5.82 Å². The van der Waals surface area contributed by atoms with Gasteiger partial charge in [0, 0.05) is 26.9 Å². The fraction of sp³-hybridized carbons (Fsp3) is 0.556. The number of nitrogens with two attached hydrogens (primary N) is 1. The molecule has 102 valence electrons. The molecule has 1 heterocycles. The number of nitrogens with one attached hydrogen (secondary N) is 1. The molecule has 0 bridgehead atoms. The summed E-state index contributed by atoms with van der Waals surface area (Å²) in [5.74, 6) is -0.169. The van der Waals surface area contributed by atoms with Crippen molar-refractivity contribution < 1.29 is 13.2 Å². The third-order valence-corrected chi connectivity index (χ3v) is 4.20. The molecular weight excluding hydrogens is 276 g/mol. The molecule has 0 aliphatic carbocycles. The highest BCUT2D eigenvalue weighted by Gasteiger charge is 2.21. The highest BCUT2D eigenvalue weighted by Crippen LogP contribution is 2.29. The number of amides is 1. The molecule has 0 aromatic carbocycles. The Morgan fingerprint density at radius 1 is 1.56 bits per heavy atom. The SMILES string of the molecule is CNC(=O)c1c(N)nsc1N(C)CCS(C)(=O)=O. The monoisotopic (exact) mass is 292 g/mol. The van der Waals surface area contributed by atoms with Gasteiger partial charge in [0.05, 0.1) is 5.75 Å². The summed E-state index contributed by atoms with van der Waals surface area (Å²) in [6, 6.07) is 0. The van der Waals surface area contributed by atoms with Crippen molar-refractivity contribution >= 4 is 38.1 Å². The summed E-state index contributed by atoms with van der Waals surface area (Å²) in [7, 11) is 0.150. The molecule has 0 aliphatic rings. The summed E-state index contributed by atoms with van der Waals surface area (Å²) in [6.07, 6.45) is 1.17. The van der Waals surface area contributed by atoms with Gasteiger partial charge in [-0.2, -0.15) is 4.37 Å². The number of sulfone groups is 1. The summed E-state index contributed by atoms with van der Waals surface area (Å²) < 4.78 is 26.1. The van der Waals surface area contributed by atoms with Crippen LogP contribution in [-0.4, -0.2) is 51.3 Å². The lowest BCUT2D eigenvalue weighted by Crippen LogP contribution is -2.27. The smallest absolute Gasteiger partial charge is 0.257 e. The second-order valence-corrected chi connectivity index (χ2v) is 6.89. The molecule has 0 saturated carbocycles. The van der Waals surface area contributed by atoms with Gasteiger partial charge in [-0.15, -0.1) is 0 Å². The predicted octanol–water partition coefficient (Wildman–Crippen LogP) is -0.434. The number of carbonyl (C=O) groups excluding carboxylic acids is 1. The van der Waals surface area contributed by atoms with Crippen LogP contribution < -0.4 is 16.0 Å². The molecule has 0 aliphatic heterocycles. The summed E-state index contributed by atoms with van der Waals surface area (Å²) in [6.45, 7) is 0.282.